The van der Waals surface area contributed by atoms with E-state index in [1.165, 1.54) is 6.42 Å². The van der Waals surface area contributed by atoms with Gasteiger partial charge in [-0.25, -0.2) is 0 Å². The van der Waals surface area contributed by atoms with Crippen molar-refractivity contribution < 1.29 is 4.74 Å². The van der Waals surface area contributed by atoms with Crippen LogP contribution in [0.2, 0.25) is 0 Å². The Morgan fingerprint density at radius 2 is 2.23 bits per heavy atom. The van der Waals surface area contributed by atoms with Gasteiger partial charge in [0.15, 0.2) is 0 Å². The summed E-state index contributed by atoms with van der Waals surface area (Å²) in [5.74, 6) is 1.59. The highest BCUT2D eigenvalue weighted by atomic mass is 16.5. The molecule has 74 valence electrons. The summed E-state index contributed by atoms with van der Waals surface area (Å²) in [7, 11) is 0. The number of hydrogen-bond acceptors (Lipinski definition) is 1. The number of hydrogen-bond donors (Lipinski definition) is 0. The SMILES string of the molecule is CCOC1C=C(C)[C@H]2C[C@@H]1C2(C)C. The summed E-state index contributed by atoms with van der Waals surface area (Å²) in [5.41, 5.74) is 2.03. The molecule has 3 aliphatic carbocycles. The Hall–Kier alpha value is -0.300. The van der Waals surface area contributed by atoms with Crippen LogP contribution in [0.1, 0.15) is 34.1 Å². The third kappa shape index (κ3) is 1.17. The lowest BCUT2D eigenvalue weighted by atomic mass is 9.48. The molecule has 0 aromatic carbocycles. The normalized spacial score (nSPS) is 40.9. The zero-order valence-electron chi connectivity index (χ0n) is 9.13. The van der Waals surface area contributed by atoms with Crippen LogP contribution in [0, 0.1) is 17.3 Å². The molecule has 3 rings (SSSR count). The molecular weight excluding hydrogens is 160 g/mol. The Labute approximate surface area is 81.2 Å². The Bertz CT molecular complexity index is 240. The van der Waals surface area contributed by atoms with Crippen LogP contribution in [0.15, 0.2) is 11.6 Å². The van der Waals surface area contributed by atoms with Gasteiger partial charge in [0.2, 0.25) is 0 Å². The maximum Gasteiger partial charge on any atom is 0.0791 e. The molecule has 0 saturated heterocycles. The number of ether oxygens (including phenoxy) is 1. The molecule has 0 spiro atoms. The van der Waals surface area contributed by atoms with Crippen molar-refractivity contribution >= 4 is 0 Å². The van der Waals surface area contributed by atoms with Gasteiger partial charge in [0.05, 0.1) is 6.10 Å². The van der Waals surface area contributed by atoms with Crippen molar-refractivity contribution in [2.24, 2.45) is 17.3 Å². The van der Waals surface area contributed by atoms with E-state index in [0.29, 0.717) is 11.5 Å². The van der Waals surface area contributed by atoms with Crippen LogP contribution >= 0.6 is 0 Å². The van der Waals surface area contributed by atoms with E-state index >= 15 is 0 Å². The molecule has 0 aliphatic heterocycles. The lowest BCUT2D eigenvalue weighted by Crippen LogP contribution is -2.54. The highest BCUT2D eigenvalue weighted by Gasteiger charge is 2.54. The van der Waals surface area contributed by atoms with Crippen LogP contribution in [0.25, 0.3) is 0 Å². The van der Waals surface area contributed by atoms with Gasteiger partial charge in [-0.15, -0.1) is 0 Å². The van der Waals surface area contributed by atoms with E-state index in [1.54, 1.807) is 5.57 Å². The summed E-state index contributed by atoms with van der Waals surface area (Å²) in [6.45, 7) is 9.95. The average molecular weight is 180 g/mol. The summed E-state index contributed by atoms with van der Waals surface area (Å²) < 4.78 is 5.76. The Balaban J connectivity index is 2.20. The molecule has 0 amide bonds. The van der Waals surface area contributed by atoms with Crippen LogP contribution in [0.4, 0.5) is 0 Å². The van der Waals surface area contributed by atoms with E-state index in [1.807, 2.05) is 0 Å². The fraction of sp³-hybridized carbons (Fsp3) is 0.833. The van der Waals surface area contributed by atoms with Gasteiger partial charge in [-0.3, -0.25) is 0 Å². The van der Waals surface area contributed by atoms with E-state index in [4.69, 9.17) is 4.74 Å². The third-order valence-corrected chi connectivity index (χ3v) is 4.08. The van der Waals surface area contributed by atoms with E-state index in [-0.39, 0.29) is 0 Å². The predicted octanol–water partition coefficient (Wildman–Crippen LogP) is 3.01. The first-order valence-corrected chi connectivity index (χ1v) is 5.37. The molecule has 1 saturated carbocycles. The van der Waals surface area contributed by atoms with Gasteiger partial charge in [0.1, 0.15) is 0 Å². The summed E-state index contributed by atoms with van der Waals surface area (Å²) in [6, 6.07) is 0. The maximum atomic E-state index is 5.76. The molecular formula is C12H20O. The standard InChI is InChI=1S/C12H20O/c1-5-13-11-6-8(2)9-7-10(11)12(9,3)4/h6,9-11H,5,7H2,1-4H3/t9-,10+,11?/m1/s1. The van der Waals surface area contributed by atoms with Crippen LogP contribution in [0.5, 0.6) is 0 Å². The van der Waals surface area contributed by atoms with Crippen LogP contribution < -0.4 is 0 Å². The minimum atomic E-state index is 0.394. The van der Waals surface area contributed by atoms with Gasteiger partial charge in [-0.1, -0.05) is 25.5 Å². The zero-order chi connectivity index (χ0) is 9.64. The molecule has 1 fully saturated rings. The highest BCUT2D eigenvalue weighted by Crippen LogP contribution is 2.59. The van der Waals surface area contributed by atoms with Crippen LogP contribution in [0.3, 0.4) is 0 Å². The summed E-state index contributed by atoms with van der Waals surface area (Å²) >= 11 is 0. The maximum absolute atomic E-state index is 5.76. The first-order valence-electron chi connectivity index (χ1n) is 5.37. The second kappa shape index (κ2) is 2.84. The first kappa shape index (κ1) is 9.26. The number of allylic oxidation sites excluding steroid dienone is 1. The Morgan fingerprint density at radius 3 is 2.69 bits per heavy atom. The summed E-state index contributed by atoms with van der Waals surface area (Å²) in [5, 5.41) is 0. The van der Waals surface area contributed by atoms with Crippen molar-refractivity contribution in [3.63, 3.8) is 0 Å². The number of fused-ring (bicyclic) bond motifs is 1. The molecule has 0 N–H and O–H groups in total. The van der Waals surface area contributed by atoms with Gasteiger partial charge in [-0.2, -0.15) is 0 Å². The van der Waals surface area contributed by atoms with Gasteiger partial charge >= 0.3 is 0 Å². The van der Waals surface area contributed by atoms with Gasteiger partial charge < -0.3 is 4.74 Å². The largest absolute Gasteiger partial charge is 0.374 e. The zero-order valence-corrected chi connectivity index (χ0v) is 9.13. The second-order valence-electron chi connectivity index (χ2n) is 5.05. The van der Waals surface area contributed by atoms with E-state index in [2.05, 4.69) is 33.8 Å². The van der Waals surface area contributed by atoms with E-state index in [0.717, 1.165) is 18.4 Å². The van der Waals surface area contributed by atoms with Gasteiger partial charge in [0, 0.05) is 6.61 Å². The topological polar surface area (TPSA) is 9.23 Å². The van der Waals surface area contributed by atoms with Gasteiger partial charge in [-0.05, 0) is 37.5 Å². The summed E-state index contributed by atoms with van der Waals surface area (Å²) in [4.78, 5) is 0. The quantitative estimate of drug-likeness (QED) is 0.593. The van der Waals surface area contributed by atoms with Crippen molar-refractivity contribution in [3.8, 4) is 0 Å². The van der Waals surface area contributed by atoms with Crippen LogP contribution in [-0.2, 0) is 4.74 Å². The molecule has 0 aromatic heterocycles. The second-order valence-corrected chi connectivity index (χ2v) is 5.05. The molecule has 0 radical (unpaired) electrons. The summed E-state index contributed by atoms with van der Waals surface area (Å²) in [6.07, 6.45) is 4.08. The third-order valence-electron chi connectivity index (χ3n) is 4.08. The molecule has 3 atom stereocenters. The van der Waals surface area contributed by atoms with Crippen molar-refractivity contribution in [1.29, 1.82) is 0 Å². The molecule has 1 unspecified atom stereocenters. The first-order chi connectivity index (χ1) is 6.07. The van der Waals surface area contributed by atoms with Gasteiger partial charge in [0.25, 0.3) is 0 Å². The fourth-order valence-corrected chi connectivity index (χ4v) is 3.14. The number of rotatable bonds is 2. The molecule has 0 aromatic rings. The van der Waals surface area contributed by atoms with E-state index < -0.39 is 0 Å². The minimum Gasteiger partial charge on any atom is -0.374 e. The fourth-order valence-electron chi connectivity index (χ4n) is 3.14. The minimum absolute atomic E-state index is 0.394. The molecule has 1 heteroatoms. The van der Waals surface area contributed by atoms with Crippen LogP contribution in [-0.4, -0.2) is 12.7 Å². The van der Waals surface area contributed by atoms with Crippen molar-refractivity contribution in [2.45, 2.75) is 40.2 Å². The average Bonchev–Trinajstić information content (AvgIpc) is 2.03. The lowest BCUT2D eigenvalue weighted by molar-refractivity contribution is -0.100. The van der Waals surface area contributed by atoms with E-state index in [9.17, 15) is 0 Å². The lowest BCUT2D eigenvalue weighted by Gasteiger charge is -2.58. The highest BCUT2D eigenvalue weighted by molar-refractivity contribution is 5.25. The van der Waals surface area contributed by atoms with Crippen molar-refractivity contribution in [1.82, 2.24) is 0 Å². The van der Waals surface area contributed by atoms with Crippen molar-refractivity contribution in [2.75, 3.05) is 6.61 Å². The smallest absolute Gasteiger partial charge is 0.0791 e. The van der Waals surface area contributed by atoms with Crippen molar-refractivity contribution in [3.05, 3.63) is 11.6 Å². The molecule has 3 aliphatic rings. The Kier molecular flexibility index (Phi) is 2.03. The molecule has 1 nitrogen and oxygen atoms in total. The molecule has 0 heterocycles. The predicted molar refractivity (Wildman–Crippen MR) is 54.5 cm³/mol. The molecule has 2 bridgehead atoms. The molecule has 13 heavy (non-hydrogen) atoms. The Morgan fingerprint density at radius 1 is 1.54 bits per heavy atom. The monoisotopic (exact) mass is 180 g/mol.